The molecule has 4 nitrogen and oxygen atoms in total. The first-order valence-electron chi connectivity index (χ1n) is 6.34. The normalized spacial score (nSPS) is 11.4. The van der Waals surface area contributed by atoms with Crippen molar-refractivity contribution in [1.29, 1.82) is 0 Å². The molecule has 0 spiro atoms. The fourth-order valence-electron chi connectivity index (χ4n) is 2.18. The van der Waals surface area contributed by atoms with E-state index in [0.29, 0.717) is 11.4 Å². The van der Waals surface area contributed by atoms with Crippen LogP contribution in [0.4, 0.5) is 11.4 Å². The molecule has 6 heteroatoms. The molecule has 2 aromatic rings. The minimum atomic E-state index is -3.64. The van der Waals surface area contributed by atoms with Gasteiger partial charge < -0.3 is 5.73 Å². The number of nitrogen functional groups attached to an aromatic ring is 1. The van der Waals surface area contributed by atoms with Crippen LogP contribution >= 0.6 is 15.9 Å². The molecule has 0 saturated heterocycles. The number of anilines is 2. The Labute approximate surface area is 133 Å². The van der Waals surface area contributed by atoms with Crippen LogP contribution in [0, 0.1) is 13.8 Å². The number of nitrogens with zero attached hydrogens (tertiary/aromatic N) is 1. The number of halogens is 1. The van der Waals surface area contributed by atoms with Crippen LogP contribution in [0.1, 0.15) is 11.1 Å². The van der Waals surface area contributed by atoms with Crippen molar-refractivity contribution < 1.29 is 8.42 Å². The molecule has 2 rings (SSSR count). The van der Waals surface area contributed by atoms with E-state index in [9.17, 15) is 8.42 Å². The summed E-state index contributed by atoms with van der Waals surface area (Å²) in [6.07, 6.45) is 0. The molecule has 0 aliphatic heterocycles. The van der Waals surface area contributed by atoms with Crippen LogP contribution in [0.15, 0.2) is 45.8 Å². The van der Waals surface area contributed by atoms with Crippen molar-refractivity contribution in [2.24, 2.45) is 0 Å². The van der Waals surface area contributed by atoms with Crippen LogP contribution in [0.5, 0.6) is 0 Å². The first-order valence-corrected chi connectivity index (χ1v) is 8.58. The molecule has 0 aliphatic rings. The van der Waals surface area contributed by atoms with Gasteiger partial charge in [0, 0.05) is 11.5 Å². The van der Waals surface area contributed by atoms with E-state index in [4.69, 9.17) is 5.73 Å². The summed E-state index contributed by atoms with van der Waals surface area (Å²) < 4.78 is 27.5. The molecule has 0 atom stereocenters. The lowest BCUT2D eigenvalue weighted by atomic mass is 10.2. The van der Waals surface area contributed by atoms with Crippen LogP contribution in [0.25, 0.3) is 0 Å². The topological polar surface area (TPSA) is 63.4 Å². The highest BCUT2D eigenvalue weighted by Crippen LogP contribution is 2.30. The fraction of sp³-hybridized carbons (Fsp3) is 0.200. The molecule has 21 heavy (non-hydrogen) atoms. The van der Waals surface area contributed by atoms with Crippen molar-refractivity contribution in [3.8, 4) is 0 Å². The molecule has 0 heterocycles. The molecule has 0 amide bonds. The maximum atomic E-state index is 12.8. The van der Waals surface area contributed by atoms with Crippen LogP contribution in [0.2, 0.25) is 0 Å². The van der Waals surface area contributed by atoms with Crippen molar-refractivity contribution in [2.45, 2.75) is 18.7 Å². The van der Waals surface area contributed by atoms with Crippen LogP contribution in [-0.2, 0) is 10.0 Å². The number of sulfonamides is 1. The molecule has 0 fully saturated rings. The second kappa shape index (κ2) is 5.69. The molecular formula is C15H17BrN2O2S. The number of benzene rings is 2. The van der Waals surface area contributed by atoms with Crippen molar-refractivity contribution in [3.05, 3.63) is 52.0 Å². The number of aryl methyl sites for hydroxylation is 2. The van der Waals surface area contributed by atoms with E-state index in [2.05, 4.69) is 15.9 Å². The highest BCUT2D eigenvalue weighted by Gasteiger charge is 2.24. The van der Waals surface area contributed by atoms with E-state index in [1.165, 1.54) is 11.4 Å². The summed E-state index contributed by atoms with van der Waals surface area (Å²) in [5.74, 6) is 0. The average Bonchev–Trinajstić information content (AvgIpc) is 2.37. The number of hydrogen-bond donors (Lipinski definition) is 1. The standard InChI is InChI=1S/C15H17BrN2O2S/c1-10-4-7-15(11(2)8-10)21(19,20)18(3)14-6-5-12(16)9-13(14)17/h4-9H,17H2,1-3H3. The Morgan fingerprint density at radius 2 is 1.76 bits per heavy atom. The summed E-state index contributed by atoms with van der Waals surface area (Å²) in [7, 11) is -2.13. The minimum Gasteiger partial charge on any atom is -0.397 e. The van der Waals surface area contributed by atoms with E-state index >= 15 is 0 Å². The van der Waals surface area contributed by atoms with Gasteiger partial charge in [-0.1, -0.05) is 33.6 Å². The van der Waals surface area contributed by atoms with Gasteiger partial charge in [-0.05, 0) is 43.7 Å². The Balaban J connectivity index is 2.52. The second-order valence-corrected chi connectivity index (χ2v) is 7.80. The lowest BCUT2D eigenvalue weighted by molar-refractivity contribution is 0.594. The third kappa shape index (κ3) is 3.06. The van der Waals surface area contributed by atoms with Gasteiger partial charge in [0.15, 0.2) is 0 Å². The average molecular weight is 369 g/mol. The fourth-order valence-corrected chi connectivity index (χ4v) is 3.98. The van der Waals surface area contributed by atoms with E-state index in [1.807, 2.05) is 13.0 Å². The first-order chi connectivity index (χ1) is 9.73. The van der Waals surface area contributed by atoms with Gasteiger partial charge in [-0.2, -0.15) is 0 Å². The van der Waals surface area contributed by atoms with E-state index < -0.39 is 10.0 Å². The van der Waals surface area contributed by atoms with Crippen LogP contribution in [0.3, 0.4) is 0 Å². The Hall–Kier alpha value is -1.53. The summed E-state index contributed by atoms with van der Waals surface area (Å²) in [4.78, 5) is 0.290. The molecule has 0 aromatic heterocycles. The third-order valence-corrected chi connectivity index (χ3v) is 5.72. The minimum absolute atomic E-state index is 0.290. The van der Waals surface area contributed by atoms with Gasteiger partial charge in [0.2, 0.25) is 0 Å². The van der Waals surface area contributed by atoms with E-state index in [0.717, 1.165) is 15.6 Å². The zero-order valence-electron chi connectivity index (χ0n) is 12.1. The third-order valence-electron chi connectivity index (χ3n) is 3.30. The molecule has 0 radical (unpaired) electrons. The van der Waals surface area contributed by atoms with E-state index in [1.54, 1.807) is 37.3 Å². The van der Waals surface area contributed by atoms with Gasteiger partial charge in [-0.3, -0.25) is 4.31 Å². The Morgan fingerprint density at radius 3 is 2.33 bits per heavy atom. The number of rotatable bonds is 3. The smallest absolute Gasteiger partial charge is 0.264 e. The van der Waals surface area contributed by atoms with E-state index in [-0.39, 0.29) is 4.90 Å². The molecule has 0 bridgehead atoms. The van der Waals surface area contributed by atoms with Gasteiger partial charge in [-0.15, -0.1) is 0 Å². The molecule has 0 aliphatic carbocycles. The second-order valence-electron chi connectivity index (χ2n) is 4.94. The SMILES string of the molecule is Cc1ccc(S(=O)(=O)N(C)c2ccc(Br)cc2N)c(C)c1. The van der Waals surface area contributed by atoms with Crippen LogP contribution < -0.4 is 10.0 Å². The summed E-state index contributed by atoms with van der Waals surface area (Å²) in [5.41, 5.74) is 8.53. The molecular weight excluding hydrogens is 352 g/mol. The zero-order valence-corrected chi connectivity index (χ0v) is 14.5. The van der Waals surface area contributed by atoms with Gasteiger partial charge in [-0.25, -0.2) is 8.42 Å². The number of hydrogen-bond acceptors (Lipinski definition) is 3. The monoisotopic (exact) mass is 368 g/mol. The predicted molar refractivity (Wildman–Crippen MR) is 90.1 cm³/mol. The molecule has 0 unspecified atom stereocenters. The van der Waals surface area contributed by atoms with Gasteiger partial charge in [0.1, 0.15) is 0 Å². The Kier molecular flexibility index (Phi) is 4.30. The zero-order chi connectivity index (χ0) is 15.8. The summed E-state index contributed by atoms with van der Waals surface area (Å²) >= 11 is 3.31. The summed E-state index contributed by atoms with van der Waals surface area (Å²) in [6, 6.07) is 10.4. The van der Waals surface area contributed by atoms with Crippen molar-refractivity contribution in [3.63, 3.8) is 0 Å². The number of nitrogens with two attached hydrogens (primary N) is 1. The van der Waals surface area contributed by atoms with Crippen molar-refractivity contribution in [1.82, 2.24) is 0 Å². The van der Waals surface area contributed by atoms with Gasteiger partial charge in [0.05, 0.1) is 16.3 Å². The highest BCUT2D eigenvalue weighted by molar-refractivity contribution is 9.10. The largest absolute Gasteiger partial charge is 0.397 e. The van der Waals surface area contributed by atoms with Gasteiger partial charge >= 0.3 is 0 Å². The van der Waals surface area contributed by atoms with Gasteiger partial charge in [0.25, 0.3) is 10.0 Å². The van der Waals surface area contributed by atoms with Crippen molar-refractivity contribution in [2.75, 3.05) is 17.1 Å². The van der Waals surface area contributed by atoms with Crippen LogP contribution in [-0.4, -0.2) is 15.5 Å². The lowest BCUT2D eigenvalue weighted by Gasteiger charge is -2.22. The quantitative estimate of drug-likeness (QED) is 0.843. The lowest BCUT2D eigenvalue weighted by Crippen LogP contribution is -2.28. The molecule has 112 valence electrons. The molecule has 0 saturated carbocycles. The highest BCUT2D eigenvalue weighted by atomic mass is 79.9. The predicted octanol–water partition coefficient (Wildman–Crippen LogP) is 3.47. The summed E-state index contributed by atoms with van der Waals surface area (Å²) in [5, 5.41) is 0. The first kappa shape index (κ1) is 15.9. The Morgan fingerprint density at radius 1 is 1.10 bits per heavy atom. The molecule has 2 aromatic carbocycles. The van der Waals surface area contributed by atoms with Crippen molar-refractivity contribution >= 4 is 37.3 Å². The summed E-state index contributed by atoms with van der Waals surface area (Å²) in [6.45, 7) is 3.72. The Bertz CT molecular complexity index is 788. The maximum Gasteiger partial charge on any atom is 0.264 e. The molecule has 2 N–H and O–H groups in total. The maximum absolute atomic E-state index is 12.8.